The van der Waals surface area contributed by atoms with E-state index in [9.17, 15) is 4.79 Å². The number of likely N-dealkylation sites (N-methyl/N-ethyl adjacent to an activating group) is 2. The Hall–Kier alpha value is -3.43. The van der Waals surface area contributed by atoms with Crippen molar-refractivity contribution >= 4 is 27.5 Å². The molecule has 0 atom stereocenters. The van der Waals surface area contributed by atoms with Crippen molar-refractivity contribution in [3.05, 3.63) is 84.4 Å². The summed E-state index contributed by atoms with van der Waals surface area (Å²) in [6.07, 6.45) is 7.44. The topological polar surface area (TPSA) is 103 Å². The molecule has 36 heavy (non-hydrogen) atoms. The first-order valence-corrected chi connectivity index (χ1v) is 12.3. The van der Waals surface area contributed by atoms with E-state index in [-0.39, 0.29) is 5.91 Å². The van der Waals surface area contributed by atoms with Gasteiger partial charge in [0.2, 0.25) is 5.91 Å². The van der Waals surface area contributed by atoms with Crippen LogP contribution in [0.1, 0.15) is 11.1 Å². The van der Waals surface area contributed by atoms with E-state index in [2.05, 4.69) is 73.0 Å². The van der Waals surface area contributed by atoms with Crippen molar-refractivity contribution in [2.45, 2.75) is 13.1 Å². The minimum Gasteiger partial charge on any atom is -0.354 e. The second kappa shape index (κ2) is 15.5. The molecule has 0 aliphatic carbocycles. The Kier molecular flexibility index (Phi) is 11.7. The molecule has 5 N–H and O–H groups in total. The van der Waals surface area contributed by atoms with E-state index in [1.165, 1.54) is 27.3 Å². The minimum absolute atomic E-state index is 0.0190. The summed E-state index contributed by atoms with van der Waals surface area (Å²) in [6, 6.07) is 16.6. The maximum atomic E-state index is 11.2. The molecule has 0 saturated carbocycles. The van der Waals surface area contributed by atoms with E-state index in [4.69, 9.17) is 0 Å². The number of aromatic nitrogens is 2. The van der Waals surface area contributed by atoms with Crippen LogP contribution in [0.15, 0.2) is 73.3 Å². The molecule has 0 fully saturated rings. The van der Waals surface area contributed by atoms with Crippen molar-refractivity contribution in [1.82, 2.24) is 36.6 Å². The molecule has 0 saturated heterocycles. The smallest absolute Gasteiger partial charge is 0.233 e. The third kappa shape index (κ3) is 8.66. The number of carbonyl (C=O) groups is 1. The second-order valence-electron chi connectivity index (χ2n) is 8.37. The quantitative estimate of drug-likeness (QED) is 0.195. The first-order valence-electron chi connectivity index (χ1n) is 12.3. The van der Waals surface area contributed by atoms with Crippen molar-refractivity contribution in [3.63, 3.8) is 0 Å². The molecule has 2 aromatic carbocycles. The normalized spacial score (nSPS) is 10.7. The lowest BCUT2D eigenvalue weighted by atomic mass is 10.1. The lowest BCUT2D eigenvalue weighted by Crippen LogP contribution is -2.36. The number of hydrogen-bond acceptors (Lipinski definition) is 7. The number of amides is 1. The van der Waals surface area contributed by atoms with Crippen LogP contribution in [0, 0.1) is 0 Å². The number of hydrogen-bond donors (Lipinski definition) is 5. The zero-order valence-corrected chi connectivity index (χ0v) is 21.2. The van der Waals surface area contributed by atoms with E-state index < -0.39 is 0 Å². The van der Waals surface area contributed by atoms with Crippen molar-refractivity contribution in [1.29, 1.82) is 0 Å². The zero-order chi connectivity index (χ0) is 25.4. The van der Waals surface area contributed by atoms with Crippen molar-refractivity contribution in [2.24, 2.45) is 0 Å². The van der Waals surface area contributed by atoms with Crippen LogP contribution in [0.2, 0.25) is 0 Å². The van der Waals surface area contributed by atoms with Crippen LogP contribution in [0.3, 0.4) is 0 Å². The van der Waals surface area contributed by atoms with Crippen LogP contribution >= 0.6 is 0 Å². The summed E-state index contributed by atoms with van der Waals surface area (Å²) < 4.78 is 0. The molecular weight excluding hydrogens is 450 g/mol. The molecule has 8 nitrogen and oxygen atoms in total. The van der Waals surface area contributed by atoms with Gasteiger partial charge in [-0.1, -0.05) is 36.4 Å². The second-order valence-corrected chi connectivity index (χ2v) is 8.37. The third-order valence-corrected chi connectivity index (χ3v) is 5.69. The Bertz CT molecular complexity index is 1200. The molecule has 0 bridgehead atoms. The van der Waals surface area contributed by atoms with E-state index in [0.717, 1.165) is 38.1 Å². The van der Waals surface area contributed by atoms with Crippen LogP contribution in [0.4, 0.5) is 0 Å². The molecule has 0 spiro atoms. The highest BCUT2D eigenvalue weighted by Crippen LogP contribution is 2.17. The molecule has 8 heteroatoms. The van der Waals surface area contributed by atoms with Gasteiger partial charge in [0, 0.05) is 74.8 Å². The highest BCUT2D eigenvalue weighted by Gasteiger charge is 2.01. The SMILES string of the molecule is CNCC(=O)NCCNCc1cccc2cnccc12.CNCCNCc1cccc2cnccc12. The van der Waals surface area contributed by atoms with Gasteiger partial charge in [0.15, 0.2) is 0 Å². The molecule has 0 aliphatic heterocycles. The average molecular weight is 488 g/mol. The lowest BCUT2D eigenvalue weighted by molar-refractivity contribution is -0.120. The molecule has 0 unspecified atom stereocenters. The fourth-order valence-electron chi connectivity index (χ4n) is 3.86. The maximum absolute atomic E-state index is 11.2. The Morgan fingerprint density at radius 3 is 1.78 bits per heavy atom. The number of fused-ring (bicyclic) bond motifs is 2. The number of carbonyl (C=O) groups excluding carboxylic acids is 1. The summed E-state index contributed by atoms with van der Waals surface area (Å²) in [4.78, 5) is 19.5. The van der Waals surface area contributed by atoms with Crippen molar-refractivity contribution in [3.8, 4) is 0 Å². The molecule has 0 aliphatic rings. The van der Waals surface area contributed by atoms with Gasteiger partial charge in [-0.2, -0.15) is 0 Å². The summed E-state index contributed by atoms with van der Waals surface area (Å²) in [5.74, 6) is 0.0190. The monoisotopic (exact) mass is 487 g/mol. The molecule has 2 heterocycles. The van der Waals surface area contributed by atoms with Gasteiger partial charge in [-0.25, -0.2) is 0 Å². The predicted molar refractivity (Wildman–Crippen MR) is 148 cm³/mol. The lowest BCUT2D eigenvalue weighted by Gasteiger charge is -2.09. The molecule has 4 aromatic rings. The molecule has 2 aromatic heterocycles. The fraction of sp³-hybridized carbons (Fsp3) is 0.321. The largest absolute Gasteiger partial charge is 0.354 e. The first-order chi connectivity index (χ1) is 17.7. The van der Waals surface area contributed by atoms with Gasteiger partial charge >= 0.3 is 0 Å². The van der Waals surface area contributed by atoms with Gasteiger partial charge in [-0.15, -0.1) is 0 Å². The number of pyridine rings is 2. The Balaban J connectivity index is 0.000000205. The van der Waals surface area contributed by atoms with Gasteiger partial charge in [0.1, 0.15) is 0 Å². The number of nitrogens with one attached hydrogen (secondary N) is 5. The Morgan fingerprint density at radius 2 is 1.25 bits per heavy atom. The number of rotatable bonds is 12. The van der Waals surface area contributed by atoms with Gasteiger partial charge in [-0.05, 0) is 48.1 Å². The van der Waals surface area contributed by atoms with Gasteiger partial charge in [0.05, 0.1) is 6.54 Å². The number of benzene rings is 2. The number of nitrogens with zero attached hydrogens (tertiary/aromatic N) is 2. The molecule has 0 radical (unpaired) electrons. The van der Waals surface area contributed by atoms with E-state index >= 15 is 0 Å². The fourth-order valence-corrected chi connectivity index (χ4v) is 3.86. The standard InChI is InChI=1S/C15H20N4O.C13H17N3/c1-16-11-15(20)19-8-7-18-10-13-4-2-3-12-9-17-6-5-14(12)13;1-14-7-8-16-10-12-4-2-3-11-9-15-6-5-13(11)12/h2-6,9,16,18H,7-8,10-11H2,1H3,(H,19,20);2-6,9,14,16H,7-8,10H2,1H3. The Morgan fingerprint density at radius 1 is 0.694 bits per heavy atom. The van der Waals surface area contributed by atoms with Crippen LogP contribution < -0.4 is 26.6 Å². The van der Waals surface area contributed by atoms with Crippen LogP contribution in [0.5, 0.6) is 0 Å². The summed E-state index contributed by atoms with van der Waals surface area (Å²) in [7, 11) is 3.72. The van der Waals surface area contributed by atoms with Gasteiger partial charge in [0.25, 0.3) is 0 Å². The molecule has 190 valence electrons. The average Bonchev–Trinajstić information content (AvgIpc) is 2.91. The summed E-state index contributed by atoms with van der Waals surface area (Å²) in [5.41, 5.74) is 2.57. The van der Waals surface area contributed by atoms with Crippen LogP contribution in [0.25, 0.3) is 21.5 Å². The molecular formula is C28H37N7O. The molecule has 1 amide bonds. The third-order valence-electron chi connectivity index (χ3n) is 5.69. The highest BCUT2D eigenvalue weighted by molar-refractivity contribution is 5.85. The maximum Gasteiger partial charge on any atom is 0.233 e. The summed E-state index contributed by atoms with van der Waals surface area (Å²) in [6.45, 7) is 5.40. The first kappa shape index (κ1) is 27.2. The zero-order valence-electron chi connectivity index (χ0n) is 21.2. The molecule has 4 rings (SSSR count). The summed E-state index contributed by atoms with van der Waals surface area (Å²) >= 11 is 0. The van der Waals surface area contributed by atoms with Crippen molar-refractivity contribution in [2.75, 3.05) is 46.8 Å². The Labute approximate surface area is 213 Å². The van der Waals surface area contributed by atoms with Crippen LogP contribution in [-0.4, -0.2) is 62.7 Å². The predicted octanol–water partition coefficient (Wildman–Crippen LogP) is 2.20. The van der Waals surface area contributed by atoms with E-state index in [1.54, 1.807) is 7.05 Å². The van der Waals surface area contributed by atoms with Crippen LogP contribution in [-0.2, 0) is 17.9 Å². The minimum atomic E-state index is 0.0190. The van der Waals surface area contributed by atoms with Crippen molar-refractivity contribution < 1.29 is 4.79 Å². The summed E-state index contributed by atoms with van der Waals surface area (Å²) in [5, 5.41) is 20.4. The van der Waals surface area contributed by atoms with Gasteiger partial charge < -0.3 is 26.6 Å². The van der Waals surface area contributed by atoms with E-state index in [1.807, 2.05) is 44.0 Å². The highest BCUT2D eigenvalue weighted by atomic mass is 16.1. The van der Waals surface area contributed by atoms with Gasteiger partial charge in [-0.3, -0.25) is 14.8 Å². The van der Waals surface area contributed by atoms with E-state index in [0.29, 0.717) is 13.1 Å².